The van der Waals surface area contributed by atoms with E-state index in [1.807, 2.05) is 4.90 Å². The van der Waals surface area contributed by atoms with Crippen LogP contribution in [-0.2, 0) is 9.53 Å². The zero-order chi connectivity index (χ0) is 22.7. The molecule has 0 unspecified atom stereocenters. The molecule has 1 saturated heterocycles. The van der Waals surface area contributed by atoms with E-state index in [2.05, 4.69) is 5.32 Å². The monoisotopic (exact) mass is 456 g/mol. The van der Waals surface area contributed by atoms with E-state index >= 15 is 0 Å². The lowest BCUT2D eigenvalue weighted by atomic mass is 9.78. The highest BCUT2D eigenvalue weighted by molar-refractivity contribution is 6.00. The molecule has 4 aliphatic rings. The lowest BCUT2D eigenvalue weighted by Crippen LogP contribution is -2.64. The van der Waals surface area contributed by atoms with Gasteiger partial charge in [0.25, 0.3) is 5.91 Å². The Morgan fingerprint density at radius 2 is 1.70 bits per heavy atom. The zero-order valence-corrected chi connectivity index (χ0v) is 19.5. The molecule has 1 N–H and O–H groups in total. The highest BCUT2D eigenvalue weighted by Crippen LogP contribution is 2.38. The Hall–Kier alpha value is -2.28. The van der Waals surface area contributed by atoms with Crippen LogP contribution in [0.15, 0.2) is 18.2 Å². The van der Waals surface area contributed by atoms with Crippen LogP contribution < -0.4 is 14.8 Å². The number of hydrogen-bond acceptors (Lipinski definition) is 5. The molecule has 7 nitrogen and oxygen atoms in total. The van der Waals surface area contributed by atoms with Crippen LogP contribution in [0.2, 0.25) is 0 Å². The summed E-state index contributed by atoms with van der Waals surface area (Å²) in [6, 6.07) is 5.54. The molecule has 2 heterocycles. The maximum absolute atomic E-state index is 14.0. The molecule has 33 heavy (non-hydrogen) atoms. The van der Waals surface area contributed by atoms with Gasteiger partial charge in [-0.05, 0) is 56.7 Å². The van der Waals surface area contributed by atoms with E-state index in [4.69, 9.17) is 14.2 Å². The van der Waals surface area contributed by atoms with Crippen molar-refractivity contribution >= 4 is 11.8 Å². The molecule has 1 aromatic carbocycles. The molecule has 1 aromatic rings. The third-order valence-corrected chi connectivity index (χ3v) is 7.84. The highest BCUT2D eigenvalue weighted by Gasteiger charge is 2.48. The van der Waals surface area contributed by atoms with Crippen LogP contribution in [0.1, 0.15) is 87.4 Å². The van der Waals surface area contributed by atoms with Crippen molar-refractivity contribution in [3.05, 3.63) is 23.8 Å². The maximum Gasteiger partial charge on any atom is 0.254 e. The van der Waals surface area contributed by atoms with Gasteiger partial charge in [0.2, 0.25) is 12.7 Å². The second kappa shape index (κ2) is 9.92. The Bertz CT molecular complexity index is 854. The quantitative estimate of drug-likeness (QED) is 0.695. The number of nitrogens with one attached hydrogen (secondary N) is 1. The van der Waals surface area contributed by atoms with Gasteiger partial charge in [-0.15, -0.1) is 0 Å². The molecule has 2 saturated carbocycles. The smallest absolute Gasteiger partial charge is 0.254 e. The first-order valence-electron chi connectivity index (χ1n) is 12.8. The molecule has 0 aromatic heterocycles. The molecule has 2 aliphatic heterocycles. The SMILES string of the molecule is O=C(c1ccc2c(c1)OCO2)N(C[C@H]1CCCO1)C1(C(=O)NC2CCCCC2)CCCCC1. The van der Waals surface area contributed by atoms with Crippen molar-refractivity contribution in [2.75, 3.05) is 19.9 Å². The summed E-state index contributed by atoms with van der Waals surface area (Å²) in [4.78, 5) is 29.8. The number of fused-ring (bicyclic) bond motifs is 1. The van der Waals surface area contributed by atoms with E-state index in [0.717, 1.165) is 64.4 Å². The predicted octanol–water partition coefficient (Wildman–Crippen LogP) is 4.19. The molecule has 1 atom stereocenters. The van der Waals surface area contributed by atoms with E-state index in [1.54, 1.807) is 18.2 Å². The van der Waals surface area contributed by atoms with E-state index in [0.29, 0.717) is 36.4 Å². The van der Waals surface area contributed by atoms with Crippen molar-refractivity contribution in [1.82, 2.24) is 10.2 Å². The molecule has 2 aliphatic carbocycles. The van der Waals surface area contributed by atoms with Crippen molar-refractivity contribution < 1.29 is 23.8 Å². The first-order chi connectivity index (χ1) is 16.2. The Labute approximate surface area is 196 Å². The number of amides is 2. The van der Waals surface area contributed by atoms with Gasteiger partial charge >= 0.3 is 0 Å². The van der Waals surface area contributed by atoms with Crippen LogP contribution in [0.5, 0.6) is 11.5 Å². The standard InChI is InChI=1S/C26H36N2O5/c29-24(19-11-12-22-23(16-19)33-18-32-22)28(17-21-10-7-15-31-21)26(13-5-2-6-14-26)25(30)27-20-8-3-1-4-9-20/h11-12,16,20-21H,1-10,13-15,17-18H2,(H,27,30)/t21-/m1/s1. The van der Waals surface area contributed by atoms with Crippen molar-refractivity contribution in [1.29, 1.82) is 0 Å². The first kappa shape index (κ1) is 22.5. The Morgan fingerprint density at radius 3 is 2.45 bits per heavy atom. The lowest BCUT2D eigenvalue weighted by Gasteiger charge is -2.46. The number of benzene rings is 1. The number of rotatable bonds is 6. The van der Waals surface area contributed by atoms with Crippen molar-refractivity contribution in [3.8, 4) is 11.5 Å². The molecule has 3 fully saturated rings. The van der Waals surface area contributed by atoms with Gasteiger partial charge in [0.1, 0.15) is 5.54 Å². The van der Waals surface area contributed by atoms with E-state index < -0.39 is 5.54 Å². The third kappa shape index (κ3) is 4.70. The summed E-state index contributed by atoms with van der Waals surface area (Å²) in [6.07, 6.45) is 11.9. The minimum absolute atomic E-state index is 0.0238. The van der Waals surface area contributed by atoms with Crippen molar-refractivity contribution in [2.24, 2.45) is 0 Å². The molecule has 5 rings (SSSR count). The summed E-state index contributed by atoms with van der Waals surface area (Å²) in [5.74, 6) is 1.15. The summed E-state index contributed by atoms with van der Waals surface area (Å²) in [7, 11) is 0. The topological polar surface area (TPSA) is 77.1 Å². The average molecular weight is 457 g/mol. The number of hydrogen-bond donors (Lipinski definition) is 1. The fourth-order valence-electron chi connectivity index (χ4n) is 5.95. The summed E-state index contributed by atoms with van der Waals surface area (Å²) in [5.41, 5.74) is -0.289. The van der Waals surface area contributed by atoms with Gasteiger partial charge in [0, 0.05) is 24.8 Å². The van der Waals surface area contributed by atoms with Gasteiger partial charge in [0.15, 0.2) is 11.5 Å². The Morgan fingerprint density at radius 1 is 0.939 bits per heavy atom. The van der Waals surface area contributed by atoms with Crippen molar-refractivity contribution in [3.63, 3.8) is 0 Å². The van der Waals surface area contributed by atoms with E-state index in [-0.39, 0.29) is 30.8 Å². The zero-order valence-electron chi connectivity index (χ0n) is 19.5. The normalized spacial score (nSPS) is 24.4. The van der Waals surface area contributed by atoms with Crippen LogP contribution >= 0.6 is 0 Å². The average Bonchev–Trinajstić information content (AvgIpc) is 3.54. The van der Waals surface area contributed by atoms with Crippen LogP contribution in [0.25, 0.3) is 0 Å². The molecule has 0 bridgehead atoms. The van der Waals surface area contributed by atoms with Gasteiger partial charge in [0.05, 0.1) is 6.10 Å². The van der Waals surface area contributed by atoms with Crippen LogP contribution in [0.4, 0.5) is 0 Å². The molecular weight excluding hydrogens is 420 g/mol. The molecule has 0 spiro atoms. The Balaban J connectivity index is 1.46. The van der Waals surface area contributed by atoms with Crippen LogP contribution in [0.3, 0.4) is 0 Å². The van der Waals surface area contributed by atoms with Gasteiger partial charge in [-0.25, -0.2) is 0 Å². The second-order valence-corrected chi connectivity index (χ2v) is 10.0. The van der Waals surface area contributed by atoms with Crippen molar-refractivity contribution in [2.45, 2.75) is 94.7 Å². The van der Waals surface area contributed by atoms with Gasteiger partial charge < -0.3 is 24.4 Å². The first-order valence-corrected chi connectivity index (χ1v) is 12.8. The maximum atomic E-state index is 14.0. The molecule has 2 amide bonds. The highest BCUT2D eigenvalue weighted by atomic mass is 16.7. The number of ether oxygens (including phenoxy) is 3. The fraction of sp³-hybridized carbons (Fsp3) is 0.692. The predicted molar refractivity (Wildman–Crippen MR) is 123 cm³/mol. The summed E-state index contributed by atoms with van der Waals surface area (Å²) < 4.78 is 16.9. The van der Waals surface area contributed by atoms with Gasteiger partial charge in [-0.1, -0.05) is 38.5 Å². The minimum atomic E-state index is -0.824. The van der Waals surface area contributed by atoms with Crippen LogP contribution in [0, 0.1) is 0 Å². The molecule has 7 heteroatoms. The van der Waals surface area contributed by atoms with Gasteiger partial charge in [-0.2, -0.15) is 0 Å². The van der Waals surface area contributed by atoms with E-state index in [9.17, 15) is 9.59 Å². The summed E-state index contributed by atoms with van der Waals surface area (Å²) in [6.45, 7) is 1.34. The minimum Gasteiger partial charge on any atom is -0.454 e. The van der Waals surface area contributed by atoms with Gasteiger partial charge in [-0.3, -0.25) is 9.59 Å². The lowest BCUT2D eigenvalue weighted by molar-refractivity contribution is -0.136. The third-order valence-electron chi connectivity index (χ3n) is 7.84. The largest absolute Gasteiger partial charge is 0.454 e. The molecule has 0 radical (unpaired) electrons. The second-order valence-electron chi connectivity index (χ2n) is 10.0. The molecule has 180 valence electrons. The Kier molecular flexibility index (Phi) is 6.76. The summed E-state index contributed by atoms with van der Waals surface area (Å²) in [5, 5.41) is 3.36. The van der Waals surface area contributed by atoms with E-state index in [1.165, 1.54) is 6.42 Å². The molecular formula is C26H36N2O5. The number of carbonyl (C=O) groups is 2. The fourth-order valence-corrected chi connectivity index (χ4v) is 5.95. The number of nitrogens with zero attached hydrogens (tertiary/aromatic N) is 1. The van der Waals surface area contributed by atoms with Crippen LogP contribution in [-0.4, -0.2) is 54.3 Å². The summed E-state index contributed by atoms with van der Waals surface area (Å²) >= 11 is 0. The number of carbonyl (C=O) groups excluding carboxylic acids is 2.